The van der Waals surface area contributed by atoms with Gasteiger partial charge in [0.15, 0.2) is 0 Å². The molecule has 1 aliphatic heterocycles. The van der Waals surface area contributed by atoms with Crippen molar-refractivity contribution in [2.75, 3.05) is 30.9 Å². The summed E-state index contributed by atoms with van der Waals surface area (Å²) in [6.07, 6.45) is 1.19. The molecular formula is C19H28ClFN4O2. The van der Waals surface area contributed by atoms with Gasteiger partial charge in [-0.2, -0.15) is 0 Å². The van der Waals surface area contributed by atoms with Crippen molar-refractivity contribution in [1.29, 1.82) is 0 Å². The highest BCUT2D eigenvalue weighted by Crippen LogP contribution is 2.28. The lowest BCUT2D eigenvalue weighted by molar-refractivity contribution is 0.0205. The molecule has 1 aromatic rings. The number of anilines is 1. The maximum absolute atomic E-state index is 14.5. The largest absolute Gasteiger partial charge is 0.444 e. The third-order valence-corrected chi connectivity index (χ3v) is 4.66. The fourth-order valence-electron chi connectivity index (χ4n) is 3.01. The number of nitrogens with two attached hydrogens (primary N) is 1. The van der Waals surface area contributed by atoms with E-state index in [2.05, 4.69) is 4.99 Å². The molecule has 1 aromatic carbocycles. The molecule has 0 aliphatic carbocycles. The summed E-state index contributed by atoms with van der Waals surface area (Å²) in [5.41, 5.74) is 6.01. The summed E-state index contributed by atoms with van der Waals surface area (Å²) in [5.74, 6) is -0.0261. The number of hydrogen-bond acceptors (Lipinski definition) is 4. The molecule has 0 unspecified atom stereocenters. The van der Waals surface area contributed by atoms with Gasteiger partial charge in [-0.1, -0.05) is 0 Å². The van der Waals surface area contributed by atoms with E-state index in [1.807, 2.05) is 32.7 Å². The first-order valence-electron chi connectivity index (χ1n) is 9.00. The van der Waals surface area contributed by atoms with Crippen LogP contribution in [0.25, 0.3) is 0 Å². The Morgan fingerprint density at radius 3 is 2.56 bits per heavy atom. The molecule has 8 heteroatoms. The van der Waals surface area contributed by atoms with Crippen molar-refractivity contribution in [2.24, 2.45) is 10.7 Å². The number of amidine groups is 1. The van der Waals surface area contributed by atoms with Gasteiger partial charge >= 0.3 is 6.09 Å². The van der Waals surface area contributed by atoms with Gasteiger partial charge in [0.05, 0.1) is 17.3 Å². The second-order valence-electron chi connectivity index (χ2n) is 7.68. The summed E-state index contributed by atoms with van der Waals surface area (Å²) in [7, 11) is 1.86. The first kappa shape index (κ1) is 21.3. The van der Waals surface area contributed by atoms with Gasteiger partial charge in [-0.25, -0.2) is 14.2 Å². The third-order valence-electron chi connectivity index (χ3n) is 4.38. The van der Waals surface area contributed by atoms with Crippen LogP contribution in [-0.4, -0.2) is 54.5 Å². The van der Waals surface area contributed by atoms with Crippen LogP contribution in [0.1, 0.15) is 33.6 Å². The minimum atomic E-state index is -0.509. The number of piperidine rings is 1. The minimum Gasteiger partial charge on any atom is -0.444 e. The lowest BCUT2D eigenvalue weighted by Crippen LogP contribution is -2.47. The Morgan fingerprint density at radius 2 is 2.04 bits per heavy atom. The van der Waals surface area contributed by atoms with Crippen LogP contribution in [-0.2, 0) is 4.74 Å². The first-order chi connectivity index (χ1) is 12.6. The molecule has 0 aromatic heterocycles. The van der Waals surface area contributed by atoms with Crippen molar-refractivity contribution >= 4 is 34.9 Å². The number of carbonyl (C=O) groups excluding carboxylic acids is 1. The van der Waals surface area contributed by atoms with Gasteiger partial charge in [0, 0.05) is 32.2 Å². The van der Waals surface area contributed by atoms with E-state index in [9.17, 15) is 9.18 Å². The van der Waals surface area contributed by atoms with E-state index >= 15 is 0 Å². The Kier molecular flexibility index (Phi) is 6.92. The van der Waals surface area contributed by atoms with Gasteiger partial charge in [-0.05, 0) is 45.7 Å². The van der Waals surface area contributed by atoms with Gasteiger partial charge < -0.3 is 20.3 Å². The highest BCUT2D eigenvalue weighted by molar-refractivity contribution is 6.28. The first-order valence-corrected chi connectivity index (χ1v) is 9.53. The highest BCUT2D eigenvalue weighted by atomic mass is 35.5. The van der Waals surface area contributed by atoms with E-state index in [1.54, 1.807) is 17.0 Å². The second-order valence-corrected chi connectivity index (χ2v) is 7.95. The molecule has 1 aliphatic rings. The summed E-state index contributed by atoms with van der Waals surface area (Å²) < 4.78 is 19.9. The standard InChI is InChI=1S/C19H28ClFN4O2/c1-19(2,3)27-18(26)25-9-7-14(8-10-25)24(4)16-6-5-13(11-15(16)21)23-17(22)12-20/h5-6,11,14H,7-10,12H2,1-4H3,(H2,22,23). The molecule has 6 nitrogen and oxygen atoms in total. The predicted molar refractivity (Wildman–Crippen MR) is 108 cm³/mol. The van der Waals surface area contributed by atoms with Gasteiger partial charge in [-0.15, -0.1) is 11.6 Å². The molecule has 0 radical (unpaired) electrons. The second kappa shape index (κ2) is 8.78. The van der Waals surface area contributed by atoms with Crippen LogP contribution in [0.4, 0.5) is 20.6 Å². The van der Waals surface area contributed by atoms with E-state index in [-0.39, 0.29) is 29.7 Å². The number of hydrogen-bond donors (Lipinski definition) is 1. The van der Waals surface area contributed by atoms with Crippen LogP contribution in [0.2, 0.25) is 0 Å². The Morgan fingerprint density at radius 1 is 1.41 bits per heavy atom. The van der Waals surface area contributed by atoms with Gasteiger partial charge in [0.1, 0.15) is 17.3 Å². The normalized spacial score (nSPS) is 16.4. The average molecular weight is 399 g/mol. The lowest BCUT2D eigenvalue weighted by Gasteiger charge is -2.38. The molecule has 150 valence electrons. The summed E-state index contributed by atoms with van der Waals surface area (Å²) in [5, 5.41) is 0. The average Bonchev–Trinajstić information content (AvgIpc) is 2.60. The Hall–Kier alpha value is -2.02. The van der Waals surface area contributed by atoms with Gasteiger partial charge in [0.2, 0.25) is 0 Å². The van der Waals surface area contributed by atoms with E-state index < -0.39 is 5.60 Å². The molecule has 1 saturated heterocycles. The summed E-state index contributed by atoms with van der Waals surface area (Å²) in [6.45, 7) is 6.72. The zero-order valence-electron chi connectivity index (χ0n) is 16.3. The number of alkyl halides is 1. The smallest absolute Gasteiger partial charge is 0.410 e. The number of ether oxygens (including phenoxy) is 1. The van der Waals surface area contributed by atoms with Crippen molar-refractivity contribution in [3.05, 3.63) is 24.0 Å². The van der Waals surface area contributed by atoms with E-state index in [0.717, 1.165) is 12.8 Å². The number of amides is 1. The number of carbonyl (C=O) groups is 1. The number of nitrogens with zero attached hydrogens (tertiary/aromatic N) is 3. The van der Waals surface area contributed by atoms with E-state index in [1.165, 1.54) is 6.07 Å². The van der Waals surface area contributed by atoms with Gasteiger partial charge in [0.25, 0.3) is 0 Å². The van der Waals surface area contributed by atoms with Crippen molar-refractivity contribution in [1.82, 2.24) is 4.90 Å². The Balaban J connectivity index is 1.99. The summed E-state index contributed by atoms with van der Waals surface area (Å²) in [4.78, 5) is 19.8. The zero-order chi connectivity index (χ0) is 20.2. The van der Waals surface area contributed by atoms with Crippen molar-refractivity contribution < 1.29 is 13.9 Å². The van der Waals surface area contributed by atoms with E-state index in [0.29, 0.717) is 24.5 Å². The number of halogens is 2. The van der Waals surface area contributed by atoms with Crippen molar-refractivity contribution in [3.63, 3.8) is 0 Å². The Bertz CT molecular complexity index is 697. The van der Waals surface area contributed by atoms with Crippen molar-refractivity contribution in [2.45, 2.75) is 45.3 Å². The molecule has 0 bridgehead atoms. The SMILES string of the molecule is CN(c1ccc(N=C(N)CCl)cc1F)C1CCN(C(=O)OC(C)(C)C)CC1. The number of aliphatic imine (C=N–C) groups is 1. The molecular weight excluding hydrogens is 371 g/mol. The van der Waals surface area contributed by atoms with Crippen molar-refractivity contribution in [3.8, 4) is 0 Å². The van der Waals surface area contributed by atoms with Gasteiger partial charge in [-0.3, -0.25) is 0 Å². The predicted octanol–water partition coefficient (Wildman–Crippen LogP) is 3.89. The third kappa shape index (κ3) is 5.99. The fourth-order valence-corrected chi connectivity index (χ4v) is 3.07. The topological polar surface area (TPSA) is 71.2 Å². The Labute approximate surface area is 165 Å². The number of rotatable bonds is 4. The molecule has 0 atom stereocenters. The minimum absolute atomic E-state index is 0.0967. The molecule has 0 spiro atoms. The van der Waals surface area contributed by atoms with Crippen LogP contribution in [0.15, 0.2) is 23.2 Å². The van der Waals surface area contributed by atoms with Crippen LogP contribution in [0.5, 0.6) is 0 Å². The summed E-state index contributed by atoms with van der Waals surface area (Å²) >= 11 is 5.60. The molecule has 27 heavy (non-hydrogen) atoms. The van der Waals surface area contributed by atoms with Crippen LogP contribution in [0.3, 0.4) is 0 Å². The number of benzene rings is 1. The fraction of sp³-hybridized carbons (Fsp3) is 0.579. The molecule has 1 heterocycles. The summed E-state index contributed by atoms with van der Waals surface area (Å²) in [6, 6.07) is 4.89. The quantitative estimate of drug-likeness (QED) is 0.474. The highest BCUT2D eigenvalue weighted by Gasteiger charge is 2.29. The monoisotopic (exact) mass is 398 g/mol. The van der Waals surface area contributed by atoms with Crippen LogP contribution in [0, 0.1) is 5.82 Å². The molecule has 2 rings (SSSR count). The number of likely N-dealkylation sites (tertiary alicyclic amines) is 1. The maximum Gasteiger partial charge on any atom is 0.410 e. The van der Waals surface area contributed by atoms with E-state index in [4.69, 9.17) is 22.1 Å². The molecule has 1 amide bonds. The van der Waals surface area contributed by atoms with Crippen LogP contribution < -0.4 is 10.6 Å². The molecule has 1 fully saturated rings. The molecule has 2 N–H and O–H groups in total. The molecule has 0 saturated carbocycles. The maximum atomic E-state index is 14.5. The lowest BCUT2D eigenvalue weighted by atomic mass is 10.0. The van der Waals surface area contributed by atoms with Crippen LogP contribution >= 0.6 is 11.6 Å². The zero-order valence-corrected chi connectivity index (χ0v) is 17.1.